The molecule has 0 aromatic rings. The molecule has 0 aliphatic carbocycles. The summed E-state index contributed by atoms with van der Waals surface area (Å²) in [6.07, 6.45) is -0.895. The molecule has 0 fully saturated rings. The van der Waals surface area contributed by atoms with Crippen LogP contribution in [0.2, 0.25) is 0 Å². The normalized spacial score (nSPS) is 11.0. The van der Waals surface area contributed by atoms with Crippen molar-refractivity contribution in [2.24, 2.45) is 0 Å². The molecule has 6 nitrogen and oxygen atoms in total. The standard InChI is InChI=1S/C4H5O6P.Na/c5-3(6)1-2(4(7)8)11(9)10;/h2H,1H2,(H,5,6)(H,7,8);. The summed E-state index contributed by atoms with van der Waals surface area (Å²) in [7, 11) is -3.22. The Bertz CT molecular complexity index is 238. The molecule has 0 saturated heterocycles. The van der Waals surface area contributed by atoms with E-state index < -0.39 is 31.7 Å². The molecular weight excluding hydrogens is 198 g/mol. The monoisotopic (exact) mass is 203 g/mol. The first-order valence-corrected chi connectivity index (χ1v) is 3.78. The van der Waals surface area contributed by atoms with E-state index in [9.17, 15) is 18.7 Å². The maximum atomic E-state index is 10.1. The van der Waals surface area contributed by atoms with Gasteiger partial charge in [-0.25, -0.2) is 9.13 Å². The molecule has 0 saturated carbocycles. The number of carbonyl (C=O) groups is 2. The molecule has 0 aliphatic heterocycles. The predicted molar refractivity (Wildman–Crippen MR) is 37.7 cm³/mol. The number of rotatable bonds is 4. The molecule has 0 heterocycles. The summed E-state index contributed by atoms with van der Waals surface area (Å²) in [6, 6.07) is 0. The van der Waals surface area contributed by atoms with Gasteiger partial charge in [0.15, 0.2) is 5.66 Å². The van der Waals surface area contributed by atoms with Gasteiger partial charge in [0.2, 0.25) is 0 Å². The Kier molecular flexibility index (Phi) is 7.62. The summed E-state index contributed by atoms with van der Waals surface area (Å²) in [6.45, 7) is 0. The van der Waals surface area contributed by atoms with Crippen LogP contribution in [0.25, 0.3) is 0 Å². The van der Waals surface area contributed by atoms with Crippen LogP contribution in [0.15, 0.2) is 0 Å². The van der Waals surface area contributed by atoms with Crippen molar-refractivity contribution >= 4 is 49.2 Å². The third-order valence-electron chi connectivity index (χ3n) is 0.908. The Morgan fingerprint density at radius 3 is 1.75 bits per heavy atom. The molecule has 63 valence electrons. The fourth-order valence-electron chi connectivity index (χ4n) is 0.417. The van der Waals surface area contributed by atoms with Gasteiger partial charge in [-0.1, -0.05) is 0 Å². The first kappa shape index (κ1) is 14.4. The Balaban J connectivity index is 0. The van der Waals surface area contributed by atoms with Gasteiger partial charge in [0.1, 0.15) is 0 Å². The predicted octanol–water partition coefficient (Wildman–Crippen LogP) is -0.294. The minimum absolute atomic E-state index is 0. The van der Waals surface area contributed by atoms with E-state index >= 15 is 0 Å². The molecule has 0 aromatic heterocycles. The average Bonchev–Trinajstić information content (AvgIpc) is 1.81. The second kappa shape index (κ2) is 6.37. The molecule has 2 N–H and O–H groups in total. The molecule has 1 atom stereocenters. The Morgan fingerprint density at radius 1 is 1.25 bits per heavy atom. The van der Waals surface area contributed by atoms with E-state index in [1.165, 1.54) is 0 Å². The zero-order chi connectivity index (χ0) is 9.02. The van der Waals surface area contributed by atoms with Crippen LogP contribution in [0.4, 0.5) is 0 Å². The van der Waals surface area contributed by atoms with Gasteiger partial charge in [0.25, 0.3) is 0 Å². The number of hydrogen-bond donors (Lipinski definition) is 2. The summed E-state index contributed by atoms with van der Waals surface area (Å²) >= 11 is 0. The number of carboxylic acids is 2. The van der Waals surface area contributed by atoms with E-state index in [4.69, 9.17) is 10.2 Å². The average molecular weight is 203 g/mol. The number of aliphatic carboxylic acids is 2. The summed E-state index contributed by atoms with van der Waals surface area (Å²) in [4.78, 5) is 19.9. The van der Waals surface area contributed by atoms with E-state index in [-0.39, 0.29) is 29.6 Å². The van der Waals surface area contributed by atoms with Crippen LogP contribution in [0.5, 0.6) is 0 Å². The fourth-order valence-corrected chi connectivity index (χ4v) is 0.903. The van der Waals surface area contributed by atoms with Crippen molar-refractivity contribution in [3.05, 3.63) is 0 Å². The van der Waals surface area contributed by atoms with E-state index in [2.05, 4.69) is 0 Å². The van der Waals surface area contributed by atoms with Crippen LogP contribution in [-0.2, 0) is 18.7 Å². The van der Waals surface area contributed by atoms with Crippen LogP contribution < -0.4 is 0 Å². The maximum absolute atomic E-state index is 10.1. The third-order valence-corrected chi connectivity index (χ3v) is 1.82. The van der Waals surface area contributed by atoms with Crippen molar-refractivity contribution in [3.63, 3.8) is 0 Å². The molecule has 0 aromatic carbocycles. The van der Waals surface area contributed by atoms with Crippen LogP contribution >= 0.6 is 7.68 Å². The van der Waals surface area contributed by atoms with Gasteiger partial charge < -0.3 is 10.2 Å². The Labute approximate surface area is 90.1 Å². The van der Waals surface area contributed by atoms with Crippen LogP contribution in [0.3, 0.4) is 0 Å². The first-order chi connectivity index (χ1) is 4.95. The molecule has 0 bridgehead atoms. The van der Waals surface area contributed by atoms with Crippen LogP contribution in [-0.4, -0.2) is 57.4 Å². The molecular formula is C4H5NaO6P. The van der Waals surface area contributed by atoms with Gasteiger partial charge in [0.05, 0.1) is 6.42 Å². The summed E-state index contributed by atoms with van der Waals surface area (Å²) in [5.41, 5.74) is -1.82. The second-order valence-corrected chi connectivity index (χ2v) is 2.93. The summed E-state index contributed by atoms with van der Waals surface area (Å²) in [5, 5.41) is 16.2. The van der Waals surface area contributed by atoms with Gasteiger partial charge >= 0.3 is 19.6 Å². The van der Waals surface area contributed by atoms with Gasteiger partial charge in [-0.3, -0.25) is 9.59 Å². The Morgan fingerprint density at radius 2 is 1.67 bits per heavy atom. The van der Waals surface area contributed by atoms with Crippen LogP contribution in [0.1, 0.15) is 6.42 Å². The molecule has 1 radical (unpaired) electrons. The van der Waals surface area contributed by atoms with Crippen molar-refractivity contribution in [1.82, 2.24) is 0 Å². The SMILES string of the molecule is O=C(O)CC(C(=O)O)P(=O)=O.[Na]. The number of hydrogen-bond acceptors (Lipinski definition) is 4. The molecule has 8 heteroatoms. The molecule has 0 rings (SSSR count). The summed E-state index contributed by atoms with van der Waals surface area (Å²) < 4.78 is 20.1. The fraction of sp³-hybridized carbons (Fsp3) is 0.500. The topological polar surface area (TPSA) is 109 Å². The van der Waals surface area contributed by atoms with E-state index in [0.717, 1.165) is 0 Å². The molecule has 0 aliphatic rings. The summed E-state index contributed by atoms with van der Waals surface area (Å²) in [5.74, 6) is -3.08. The van der Waals surface area contributed by atoms with E-state index in [1.807, 2.05) is 0 Å². The van der Waals surface area contributed by atoms with Crippen molar-refractivity contribution in [2.45, 2.75) is 12.1 Å². The molecule has 12 heavy (non-hydrogen) atoms. The van der Waals surface area contributed by atoms with Gasteiger partial charge in [-0.15, -0.1) is 0 Å². The van der Waals surface area contributed by atoms with E-state index in [1.54, 1.807) is 0 Å². The largest absolute Gasteiger partial charge is 0.481 e. The molecule has 0 spiro atoms. The maximum Gasteiger partial charge on any atom is 0.330 e. The quantitative estimate of drug-likeness (QED) is 0.479. The Hall–Kier alpha value is -0.160. The molecule has 0 amide bonds. The van der Waals surface area contributed by atoms with Crippen molar-refractivity contribution in [2.75, 3.05) is 0 Å². The zero-order valence-electron chi connectivity index (χ0n) is 6.26. The van der Waals surface area contributed by atoms with E-state index in [0.29, 0.717) is 0 Å². The van der Waals surface area contributed by atoms with Crippen LogP contribution in [0, 0.1) is 0 Å². The number of carboxylic acid groups (broad SMARTS) is 2. The minimum atomic E-state index is -3.22. The van der Waals surface area contributed by atoms with Crippen molar-refractivity contribution in [1.29, 1.82) is 0 Å². The van der Waals surface area contributed by atoms with Crippen molar-refractivity contribution in [3.8, 4) is 0 Å². The van der Waals surface area contributed by atoms with Crippen molar-refractivity contribution < 1.29 is 28.9 Å². The first-order valence-electron chi connectivity index (χ1n) is 2.53. The minimum Gasteiger partial charge on any atom is -0.481 e. The third kappa shape index (κ3) is 5.49. The smallest absolute Gasteiger partial charge is 0.330 e. The second-order valence-electron chi connectivity index (χ2n) is 1.74. The molecule has 1 unspecified atom stereocenters. The van der Waals surface area contributed by atoms with Gasteiger partial charge in [-0.05, 0) is 0 Å². The zero-order valence-corrected chi connectivity index (χ0v) is 9.15. The van der Waals surface area contributed by atoms with Gasteiger partial charge in [-0.2, -0.15) is 0 Å². The van der Waals surface area contributed by atoms with Gasteiger partial charge in [0, 0.05) is 29.6 Å².